The normalized spacial score (nSPS) is 15.8. The molecule has 4 rings (SSSR count). The van der Waals surface area contributed by atoms with Gasteiger partial charge in [-0.2, -0.15) is 0 Å². The number of carbonyl (C=O) groups is 2. The number of benzene rings is 2. The largest absolute Gasteiger partial charge is 0.491 e. The van der Waals surface area contributed by atoms with Crippen LogP contribution in [0.2, 0.25) is 0 Å². The van der Waals surface area contributed by atoms with Crippen LogP contribution in [0.15, 0.2) is 60.0 Å². The summed E-state index contributed by atoms with van der Waals surface area (Å²) in [4.78, 5) is 31.4. The zero-order chi connectivity index (χ0) is 25.7. The molecule has 2 aromatic carbocycles. The second kappa shape index (κ2) is 11.6. The molecule has 0 spiro atoms. The molecule has 0 bridgehead atoms. The average Bonchev–Trinajstić information content (AvgIpc) is 3.36. The Balaban J connectivity index is 1.54. The van der Waals surface area contributed by atoms with Crippen molar-refractivity contribution >= 4 is 23.2 Å². The summed E-state index contributed by atoms with van der Waals surface area (Å²) < 4.78 is 33.0. The van der Waals surface area contributed by atoms with E-state index < -0.39 is 5.82 Å². The zero-order valence-electron chi connectivity index (χ0n) is 20.5. The summed E-state index contributed by atoms with van der Waals surface area (Å²) in [6.45, 7) is 5.06. The van der Waals surface area contributed by atoms with Crippen molar-refractivity contribution in [1.29, 1.82) is 0 Å². The molecule has 5 nitrogen and oxygen atoms in total. The lowest BCUT2D eigenvalue weighted by Crippen LogP contribution is -2.48. The molecule has 2 heterocycles. The number of hydrogen-bond donors (Lipinski definition) is 0. The summed E-state index contributed by atoms with van der Waals surface area (Å²) in [6.07, 6.45) is 1.58. The van der Waals surface area contributed by atoms with Gasteiger partial charge in [0.15, 0.2) is 0 Å². The molecule has 190 valence electrons. The standard InChI is InChI=1S/C28H30F2N2O3S/c1-3-19(2)16-31(28(34)20-5-4-6-22(30)15-20)17-27(33)32-13-11-26-24(12-14-36-26)25(32)18-35-23-9-7-21(29)8-10-23/h4-10,12,14-15,19,25H,3,11,13,16-18H2,1-2H3/t19-,25+/m0/s1. The number of fused-ring (bicyclic) bond motifs is 1. The molecule has 2 atom stereocenters. The van der Waals surface area contributed by atoms with Crippen molar-refractivity contribution in [1.82, 2.24) is 9.80 Å². The van der Waals surface area contributed by atoms with Crippen molar-refractivity contribution in [3.8, 4) is 5.75 Å². The lowest BCUT2D eigenvalue weighted by atomic mass is 10.00. The Bertz CT molecular complexity index is 1200. The average molecular weight is 513 g/mol. The lowest BCUT2D eigenvalue weighted by molar-refractivity contribution is -0.135. The second-order valence-electron chi connectivity index (χ2n) is 9.13. The highest BCUT2D eigenvalue weighted by Crippen LogP contribution is 2.34. The first-order chi connectivity index (χ1) is 17.4. The molecule has 36 heavy (non-hydrogen) atoms. The molecule has 0 unspecified atom stereocenters. The maximum atomic E-state index is 13.8. The summed E-state index contributed by atoms with van der Waals surface area (Å²) in [5.74, 6) is -0.692. The monoisotopic (exact) mass is 512 g/mol. The van der Waals surface area contributed by atoms with E-state index in [2.05, 4.69) is 0 Å². The molecule has 0 radical (unpaired) electrons. The number of amides is 2. The van der Waals surface area contributed by atoms with Crippen molar-refractivity contribution < 1.29 is 23.1 Å². The van der Waals surface area contributed by atoms with Crippen LogP contribution in [0.1, 0.15) is 47.1 Å². The Kier molecular flexibility index (Phi) is 8.36. The maximum Gasteiger partial charge on any atom is 0.254 e. The first-order valence-corrected chi connectivity index (χ1v) is 13.0. The molecule has 0 fully saturated rings. The highest BCUT2D eigenvalue weighted by atomic mass is 32.1. The van der Waals surface area contributed by atoms with Gasteiger partial charge in [-0.05, 0) is 71.8 Å². The van der Waals surface area contributed by atoms with Crippen LogP contribution >= 0.6 is 11.3 Å². The summed E-state index contributed by atoms with van der Waals surface area (Å²) in [6, 6.07) is 13.0. The van der Waals surface area contributed by atoms with Crippen molar-refractivity contribution in [2.24, 2.45) is 5.92 Å². The molecule has 3 aromatic rings. The van der Waals surface area contributed by atoms with Gasteiger partial charge in [0.25, 0.3) is 5.91 Å². The van der Waals surface area contributed by atoms with Gasteiger partial charge < -0.3 is 14.5 Å². The van der Waals surface area contributed by atoms with Gasteiger partial charge in [-0.3, -0.25) is 9.59 Å². The summed E-state index contributed by atoms with van der Waals surface area (Å²) in [5.41, 5.74) is 1.26. The van der Waals surface area contributed by atoms with Crippen molar-refractivity contribution in [3.05, 3.63) is 87.6 Å². The number of thiophene rings is 1. The third-order valence-electron chi connectivity index (χ3n) is 6.55. The fraction of sp³-hybridized carbons (Fsp3) is 0.357. The minimum absolute atomic E-state index is 0.105. The maximum absolute atomic E-state index is 13.8. The predicted octanol–water partition coefficient (Wildman–Crippen LogP) is 5.72. The molecule has 1 aliphatic rings. The van der Waals surface area contributed by atoms with Crippen LogP contribution in [-0.4, -0.2) is 47.9 Å². The molecule has 0 N–H and O–H groups in total. The Morgan fingerprint density at radius 2 is 1.92 bits per heavy atom. The molecule has 8 heteroatoms. The second-order valence-corrected chi connectivity index (χ2v) is 10.1. The molecule has 0 saturated heterocycles. The predicted molar refractivity (Wildman–Crippen MR) is 136 cm³/mol. The van der Waals surface area contributed by atoms with Gasteiger partial charge in [0, 0.05) is 23.5 Å². The van der Waals surface area contributed by atoms with E-state index in [0.717, 1.165) is 18.4 Å². The molecule has 2 amide bonds. The van der Waals surface area contributed by atoms with Crippen molar-refractivity contribution in [2.45, 2.75) is 32.7 Å². The summed E-state index contributed by atoms with van der Waals surface area (Å²) in [7, 11) is 0. The number of nitrogens with zero attached hydrogens (tertiary/aromatic N) is 2. The number of rotatable bonds is 9. The third-order valence-corrected chi connectivity index (χ3v) is 7.55. The summed E-state index contributed by atoms with van der Waals surface area (Å²) in [5, 5.41) is 2.01. The van der Waals surface area contributed by atoms with Crippen LogP contribution in [0.4, 0.5) is 8.78 Å². The lowest BCUT2D eigenvalue weighted by Gasteiger charge is -2.37. The molecular weight excluding hydrogens is 482 g/mol. The highest BCUT2D eigenvalue weighted by molar-refractivity contribution is 7.10. The quantitative estimate of drug-likeness (QED) is 0.369. The van der Waals surface area contributed by atoms with E-state index in [4.69, 9.17) is 4.74 Å². The SMILES string of the molecule is CC[C@H](C)CN(CC(=O)N1CCc2sccc2[C@H]1COc1ccc(F)cc1)C(=O)c1cccc(F)c1. The summed E-state index contributed by atoms with van der Waals surface area (Å²) >= 11 is 1.65. The van der Waals surface area contributed by atoms with Gasteiger partial charge >= 0.3 is 0 Å². The third kappa shape index (κ3) is 6.10. The minimum Gasteiger partial charge on any atom is -0.491 e. The van der Waals surface area contributed by atoms with E-state index in [0.29, 0.717) is 18.8 Å². The Morgan fingerprint density at radius 3 is 2.64 bits per heavy atom. The van der Waals surface area contributed by atoms with Crippen LogP contribution < -0.4 is 4.74 Å². The van der Waals surface area contributed by atoms with Gasteiger partial charge in [0.1, 0.15) is 30.5 Å². The van der Waals surface area contributed by atoms with Crippen LogP contribution in [0.3, 0.4) is 0 Å². The van der Waals surface area contributed by atoms with Gasteiger partial charge in [-0.15, -0.1) is 11.3 Å². The number of hydrogen-bond acceptors (Lipinski definition) is 4. The van der Waals surface area contributed by atoms with Crippen LogP contribution in [0.25, 0.3) is 0 Å². The van der Waals surface area contributed by atoms with Crippen LogP contribution in [-0.2, 0) is 11.2 Å². The van der Waals surface area contributed by atoms with E-state index in [1.165, 1.54) is 40.1 Å². The van der Waals surface area contributed by atoms with E-state index >= 15 is 0 Å². The zero-order valence-corrected chi connectivity index (χ0v) is 21.3. The van der Waals surface area contributed by atoms with Crippen molar-refractivity contribution in [3.63, 3.8) is 0 Å². The molecule has 0 saturated carbocycles. The fourth-order valence-electron chi connectivity index (χ4n) is 4.36. The van der Waals surface area contributed by atoms with Gasteiger partial charge in [0.2, 0.25) is 5.91 Å². The van der Waals surface area contributed by atoms with E-state index in [1.54, 1.807) is 34.4 Å². The first kappa shape index (κ1) is 25.8. The van der Waals surface area contributed by atoms with Crippen LogP contribution in [0, 0.1) is 17.6 Å². The Labute approximate surface area is 214 Å². The smallest absolute Gasteiger partial charge is 0.254 e. The van der Waals surface area contributed by atoms with E-state index in [-0.39, 0.29) is 48.3 Å². The Hall–Kier alpha value is -3.26. The van der Waals surface area contributed by atoms with E-state index in [1.807, 2.05) is 25.3 Å². The topological polar surface area (TPSA) is 49.9 Å². The van der Waals surface area contributed by atoms with Crippen LogP contribution in [0.5, 0.6) is 5.75 Å². The Morgan fingerprint density at radius 1 is 1.14 bits per heavy atom. The number of halogens is 2. The minimum atomic E-state index is -0.491. The molecule has 1 aromatic heterocycles. The number of carbonyl (C=O) groups excluding carboxylic acids is 2. The molecule has 1 aliphatic heterocycles. The van der Waals surface area contributed by atoms with Gasteiger partial charge in [0.05, 0.1) is 6.04 Å². The molecule has 0 aliphatic carbocycles. The fourth-order valence-corrected chi connectivity index (χ4v) is 5.29. The number of ether oxygens (including phenoxy) is 1. The highest BCUT2D eigenvalue weighted by Gasteiger charge is 2.34. The first-order valence-electron chi connectivity index (χ1n) is 12.1. The van der Waals surface area contributed by atoms with Gasteiger partial charge in [-0.25, -0.2) is 8.78 Å². The van der Waals surface area contributed by atoms with Crippen molar-refractivity contribution in [2.75, 3.05) is 26.2 Å². The molecular formula is C28H30F2N2O3S. The van der Waals surface area contributed by atoms with Gasteiger partial charge in [-0.1, -0.05) is 26.3 Å². The van der Waals surface area contributed by atoms with E-state index in [9.17, 15) is 18.4 Å².